The van der Waals surface area contributed by atoms with Crippen molar-refractivity contribution in [3.63, 3.8) is 0 Å². The monoisotopic (exact) mass is 308 g/mol. The van der Waals surface area contributed by atoms with Crippen molar-refractivity contribution in [3.05, 3.63) is 34.6 Å². The summed E-state index contributed by atoms with van der Waals surface area (Å²) >= 11 is 5.83. The van der Waals surface area contributed by atoms with Crippen molar-refractivity contribution < 1.29 is 9.50 Å². The first-order valence-electron chi connectivity index (χ1n) is 6.23. The van der Waals surface area contributed by atoms with Crippen LogP contribution in [0.15, 0.2) is 18.2 Å². The highest BCUT2D eigenvalue weighted by Crippen LogP contribution is 2.27. The van der Waals surface area contributed by atoms with E-state index >= 15 is 0 Å². The molecule has 1 fully saturated rings. The van der Waals surface area contributed by atoms with Gasteiger partial charge in [-0.2, -0.15) is 0 Å². The van der Waals surface area contributed by atoms with Crippen LogP contribution in [0.4, 0.5) is 4.39 Å². The van der Waals surface area contributed by atoms with Crippen molar-refractivity contribution in [2.75, 3.05) is 32.8 Å². The molecule has 1 atom stereocenters. The van der Waals surface area contributed by atoms with Crippen LogP contribution in [0.3, 0.4) is 0 Å². The summed E-state index contributed by atoms with van der Waals surface area (Å²) in [6, 6.07) is 4.92. The molecule has 6 heteroatoms. The maximum Gasteiger partial charge on any atom is 0.141 e. The van der Waals surface area contributed by atoms with Crippen molar-refractivity contribution in [1.82, 2.24) is 10.2 Å². The highest BCUT2D eigenvalue weighted by Gasteiger charge is 2.22. The highest BCUT2D eigenvalue weighted by atomic mass is 35.5. The molecule has 0 saturated carbocycles. The quantitative estimate of drug-likeness (QED) is 0.895. The van der Waals surface area contributed by atoms with Gasteiger partial charge in [-0.25, -0.2) is 4.39 Å². The fraction of sp³-hybridized carbons (Fsp3) is 0.538. The summed E-state index contributed by atoms with van der Waals surface area (Å²) in [6.45, 7) is 3.86. The third-order valence-electron chi connectivity index (χ3n) is 3.32. The van der Waals surface area contributed by atoms with E-state index in [2.05, 4.69) is 10.2 Å². The van der Waals surface area contributed by atoms with Crippen molar-refractivity contribution in [2.24, 2.45) is 0 Å². The van der Waals surface area contributed by atoms with E-state index in [1.54, 1.807) is 12.1 Å². The van der Waals surface area contributed by atoms with Crippen LogP contribution >= 0.6 is 24.0 Å². The average Bonchev–Trinajstić information content (AvgIpc) is 2.40. The number of halogens is 3. The second kappa shape index (κ2) is 8.02. The Hall–Kier alpha value is -0.390. The Morgan fingerprint density at radius 2 is 2.05 bits per heavy atom. The molecule has 0 bridgehead atoms. The van der Waals surface area contributed by atoms with E-state index in [4.69, 9.17) is 11.6 Å². The fourth-order valence-electron chi connectivity index (χ4n) is 2.40. The molecule has 2 rings (SSSR count). The summed E-state index contributed by atoms with van der Waals surface area (Å²) in [5.41, 5.74) is 0.970. The number of benzene rings is 1. The maximum absolute atomic E-state index is 13.2. The fourth-order valence-corrected chi connectivity index (χ4v) is 2.58. The molecule has 1 aromatic carbocycles. The van der Waals surface area contributed by atoms with Gasteiger partial charge in [-0.15, -0.1) is 12.4 Å². The van der Waals surface area contributed by atoms with Gasteiger partial charge >= 0.3 is 0 Å². The van der Waals surface area contributed by atoms with Crippen LogP contribution in [-0.2, 0) is 0 Å². The number of rotatable bonds is 4. The number of hydrogen-bond donors (Lipinski definition) is 2. The van der Waals surface area contributed by atoms with E-state index in [1.807, 2.05) is 0 Å². The Bertz CT molecular complexity index is 400. The summed E-state index contributed by atoms with van der Waals surface area (Å²) in [4.78, 5) is 2.30. The normalized spacial score (nSPS) is 17.8. The lowest BCUT2D eigenvalue weighted by molar-refractivity contribution is 0.141. The summed E-state index contributed by atoms with van der Waals surface area (Å²) < 4.78 is 13.2. The van der Waals surface area contributed by atoms with Gasteiger partial charge in [0.25, 0.3) is 0 Å². The van der Waals surface area contributed by atoms with E-state index in [1.165, 1.54) is 6.07 Å². The lowest BCUT2D eigenvalue weighted by Gasteiger charge is -2.35. The molecule has 2 N–H and O–H groups in total. The molecule has 108 valence electrons. The smallest absolute Gasteiger partial charge is 0.141 e. The average molecular weight is 309 g/mol. The van der Waals surface area contributed by atoms with Gasteiger partial charge < -0.3 is 10.4 Å². The van der Waals surface area contributed by atoms with Gasteiger partial charge in [-0.3, -0.25) is 4.90 Å². The minimum Gasteiger partial charge on any atom is -0.396 e. The van der Waals surface area contributed by atoms with E-state index in [0.717, 1.165) is 31.7 Å². The molecule has 0 unspecified atom stereocenters. The first kappa shape index (κ1) is 16.7. The Balaban J connectivity index is 0.00000180. The zero-order valence-corrected chi connectivity index (χ0v) is 12.2. The Morgan fingerprint density at radius 3 is 2.63 bits per heavy atom. The van der Waals surface area contributed by atoms with Crippen LogP contribution in [0.5, 0.6) is 0 Å². The van der Waals surface area contributed by atoms with Crippen molar-refractivity contribution in [2.45, 2.75) is 12.5 Å². The Morgan fingerprint density at radius 1 is 1.37 bits per heavy atom. The van der Waals surface area contributed by atoms with Gasteiger partial charge in [0, 0.05) is 38.8 Å². The minimum atomic E-state index is -0.400. The second-order valence-electron chi connectivity index (χ2n) is 4.49. The zero-order valence-electron chi connectivity index (χ0n) is 10.6. The summed E-state index contributed by atoms with van der Waals surface area (Å²) in [6.07, 6.45) is 0.641. The molecule has 1 aromatic rings. The SMILES string of the molecule is Cl.OCC[C@@H](c1ccc(F)c(Cl)c1)N1CCNCC1. The third-order valence-corrected chi connectivity index (χ3v) is 3.61. The van der Waals surface area contributed by atoms with Crippen LogP contribution in [-0.4, -0.2) is 42.8 Å². The lowest BCUT2D eigenvalue weighted by atomic mass is 10.0. The van der Waals surface area contributed by atoms with E-state index < -0.39 is 5.82 Å². The minimum absolute atomic E-state index is 0. The summed E-state index contributed by atoms with van der Waals surface area (Å²) in [5.74, 6) is -0.400. The molecule has 1 aliphatic rings. The van der Waals surface area contributed by atoms with Crippen LogP contribution < -0.4 is 5.32 Å². The van der Waals surface area contributed by atoms with Crippen LogP contribution in [0, 0.1) is 5.82 Å². The predicted octanol–water partition coefficient (Wildman–Crippen LogP) is 2.23. The largest absolute Gasteiger partial charge is 0.396 e. The van der Waals surface area contributed by atoms with Crippen molar-refractivity contribution in [3.8, 4) is 0 Å². The van der Waals surface area contributed by atoms with E-state index in [0.29, 0.717) is 6.42 Å². The van der Waals surface area contributed by atoms with E-state index in [9.17, 15) is 9.50 Å². The molecule has 0 spiro atoms. The molecule has 0 radical (unpaired) electrons. The van der Waals surface area contributed by atoms with Gasteiger partial charge in [0.05, 0.1) is 5.02 Å². The molecular formula is C13H19Cl2FN2O. The molecule has 0 aliphatic carbocycles. The van der Waals surface area contributed by atoms with E-state index in [-0.39, 0.29) is 30.1 Å². The van der Waals surface area contributed by atoms with Crippen molar-refractivity contribution >= 4 is 24.0 Å². The molecule has 1 heterocycles. The molecule has 1 saturated heterocycles. The van der Waals surface area contributed by atoms with Crippen LogP contribution in [0.1, 0.15) is 18.0 Å². The van der Waals surface area contributed by atoms with Crippen molar-refractivity contribution in [1.29, 1.82) is 0 Å². The first-order chi connectivity index (χ1) is 8.72. The number of nitrogens with one attached hydrogen (secondary N) is 1. The number of hydrogen-bond acceptors (Lipinski definition) is 3. The summed E-state index contributed by atoms with van der Waals surface area (Å²) in [7, 11) is 0. The summed E-state index contributed by atoms with van der Waals surface area (Å²) in [5, 5.41) is 12.6. The van der Waals surface area contributed by atoms with Crippen LogP contribution in [0.25, 0.3) is 0 Å². The van der Waals surface area contributed by atoms with Gasteiger partial charge in [0.2, 0.25) is 0 Å². The van der Waals surface area contributed by atoms with Gasteiger partial charge in [0.15, 0.2) is 0 Å². The Kier molecular flexibility index (Phi) is 7.04. The molecule has 1 aliphatic heterocycles. The number of nitrogens with zero attached hydrogens (tertiary/aromatic N) is 1. The Labute approximate surface area is 124 Å². The maximum atomic E-state index is 13.2. The topological polar surface area (TPSA) is 35.5 Å². The standard InChI is InChI=1S/C13H18ClFN2O.ClH/c14-11-9-10(1-2-12(11)15)13(3-8-18)17-6-4-16-5-7-17;/h1-2,9,13,16,18H,3-8H2;1H/t13-;/m0./s1. The van der Waals surface area contributed by atoms with Gasteiger partial charge in [-0.1, -0.05) is 17.7 Å². The number of piperazine rings is 1. The van der Waals surface area contributed by atoms with Crippen LogP contribution in [0.2, 0.25) is 5.02 Å². The van der Waals surface area contributed by atoms with Gasteiger partial charge in [-0.05, 0) is 24.1 Å². The predicted molar refractivity (Wildman–Crippen MR) is 77.5 cm³/mol. The molecule has 0 amide bonds. The number of aliphatic hydroxyl groups excluding tert-OH is 1. The second-order valence-corrected chi connectivity index (χ2v) is 4.89. The lowest BCUT2D eigenvalue weighted by Crippen LogP contribution is -2.45. The highest BCUT2D eigenvalue weighted by molar-refractivity contribution is 6.30. The molecule has 0 aromatic heterocycles. The molecular weight excluding hydrogens is 290 g/mol. The third kappa shape index (κ3) is 4.29. The zero-order chi connectivity index (χ0) is 13.0. The first-order valence-corrected chi connectivity index (χ1v) is 6.60. The number of aliphatic hydroxyl groups is 1. The molecule has 3 nitrogen and oxygen atoms in total. The molecule has 19 heavy (non-hydrogen) atoms. The van der Waals surface area contributed by atoms with Gasteiger partial charge in [0.1, 0.15) is 5.82 Å².